The number of piperidine rings is 1. The van der Waals surface area contributed by atoms with Crippen LogP contribution in [0.5, 0.6) is 5.75 Å². The molecule has 6 heteroatoms. The van der Waals surface area contributed by atoms with Gasteiger partial charge in [-0.1, -0.05) is 12.1 Å². The third kappa shape index (κ3) is 4.22. The average molecular weight is 320 g/mol. The zero-order valence-corrected chi connectivity index (χ0v) is 13.5. The van der Waals surface area contributed by atoms with Crippen LogP contribution in [0, 0.1) is 5.92 Å². The van der Waals surface area contributed by atoms with Crippen molar-refractivity contribution in [1.29, 1.82) is 0 Å². The molecule has 2 fully saturated rings. The third-order valence-corrected chi connectivity index (χ3v) is 4.41. The topological polar surface area (TPSA) is 60.0 Å². The number of rotatable bonds is 5. The van der Waals surface area contributed by atoms with E-state index < -0.39 is 0 Å². The maximum absolute atomic E-state index is 12.2. The van der Waals surface area contributed by atoms with Crippen LogP contribution in [0.2, 0.25) is 0 Å². The van der Waals surface area contributed by atoms with Crippen molar-refractivity contribution in [2.45, 2.75) is 19.1 Å². The monoisotopic (exact) mass is 320 g/mol. The maximum atomic E-state index is 12.2. The number of benzene rings is 1. The van der Waals surface area contributed by atoms with Crippen LogP contribution >= 0.6 is 0 Å². The molecule has 0 bridgehead atoms. The molecule has 1 amide bonds. The molecule has 126 valence electrons. The van der Waals surface area contributed by atoms with Crippen LogP contribution in [0.25, 0.3) is 0 Å². The minimum absolute atomic E-state index is 0.0127. The summed E-state index contributed by atoms with van der Waals surface area (Å²) in [5.41, 5.74) is 0.711. The van der Waals surface area contributed by atoms with Gasteiger partial charge in [0.2, 0.25) is 5.91 Å². The molecule has 0 aromatic heterocycles. The third-order valence-electron chi connectivity index (χ3n) is 4.41. The van der Waals surface area contributed by atoms with Crippen molar-refractivity contribution >= 4 is 11.6 Å². The predicted octanol–water partition coefficient (Wildman–Crippen LogP) is 1.72. The summed E-state index contributed by atoms with van der Waals surface area (Å²) in [7, 11) is 1.60. The van der Waals surface area contributed by atoms with Crippen molar-refractivity contribution in [2.24, 2.45) is 5.92 Å². The lowest BCUT2D eigenvalue weighted by molar-refractivity contribution is -0.119. The smallest absolute Gasteiger partial charge is 0.238 e. The summed E-state index contributed by atoms with van der Waals surface area (Å²) >= 11 is 0. The number of ether oxygens (including phenoxy) is 3. The zero-order chi connectivity index (χ0) is 16.1. The molecular formula is C17H24N2O4. The number of carbonyl (C=O) groups excluding carboxylic acids is 1. The Hall–Kier alpha value is -1.63. The van der Waals surface area contributed by atoms with Gasteiger partial charge in [-0.05, 0) is 38.1 Å². The number of anilines is 1. The molecule has 23 heavy (non-hydrogen) atoms. The number of amides is 1. The van der Waals surface area contributed by atoms with Crippen LogP contribution in [0.1, 0.15) is 12.8 Å². The second kappa shape index (κ2) is 7.77. The second-order valence-corrected chi connectivity index (χ2v) is 5.97. The Morgan fingerprint density at radius 2 is 1.96 bits per heavy atom. The standard InChI is InChI=1S/C17H24N2O4/c1-21-15-5-3-2-4-14(15)18-16(20)12-19-8-6-13(7-9-19)17-22-10-11-23-17/h2-5,13,17H,6-12H2,1H3,(H,18,20). The number of hydrogen-bond donors (Lipinski definition) is 1. The largest absolute Gasteiger partial charge is 0.495 e. The molecule has 0 atom stereocenters. The molecule has 3 rings (SSSR count). The van der Waals surface area contributed by atoms with Crippen molar-refractivity contribution in [2.75, 3.05) is 45.3 Å². The van der Waals surface area contributed by atoms with E-state index >= 15 is 0 Å². The van der Waals surface area contributed by atoms with Gasteiger partial charge in [0.1, 0.15) is 5.75 Å². The number of hydrogen-bond acceptors (Lipinski definition) is 5. The minimum Gasteiger partial charge on any atom is -0.495 e. The van der Waals surface area contributed by atoms with Crippen LogP contribution in [0.15, 0.2) is 24.3 Å². The first-order valence-corrected chi connectivity index (χ1v) is 8.14. The van der Waals surface area contributed by atoms with Crippen LogP contribution < -0.4 is 10.1 Å². The highest BCUT2D eigenvalue weighted by Gasteiger charge is 2.30. The van der Waals surface area contributed by atoms with Gasteiger partial charge in [0.15, 0.2) is 6.29 Å². The van der Waals surface area contributed by atoms with Gasteiger partial charge in [-0.2, -0.15) is 0 Å². The number of carbonyl (C=O) groups is 1. The van der Waals surface area contributed by atoms with E-state index in [0.717, 1.165) is 25.9 Å². The molecule has 1 N–H and O–H groups in total. The van der Waals surface area contributed by atoms with Gasteiger partial charge in [-0.3, -0.25) is 9.69 Å². The Morgan fingerprint density at radius 3 is 2.65 bits per heavy atom. The van der Waals surface area contributed by atoms with Crippen molar-refractivity contribution in [3.05, 3.63) is 24.3 Å². The zero-order valence-electron chi connectivity index (χ0n) is 13.5. The first kappa shape index (κ1) is 16.2. The summed E-state index contributed by atoms with van der Waals surface area (Å²) < 4.78 is 16.4. The molecule has 6 nitrogen and oxygen atoms in total. The molecule has 0 saturated carbocycles. The summed E-state index contributed by atoms with van der Waals surface area (Å²) in [5, 5.41) is 2.92. The molecular weight excluding hydrogens is 296 g/mol. The first-order valence-electron chi connectivity index (χ1n) is 8.14. The SMILES string of the molecule is COc1ccccc1NC(=O)CN1CCC(C2OCCO2)CC1. The average Bonchev–Trinajstić information content (AvgIpc) is 3.10. The van der Waals surface area contributed by atoms with Crippen LogP contribution in [0.4, 0.5) is 5.69 Å². The fraction of sp³-hybridized carbons (Fsp3) is 0.588. The Bertz CT molecular complexity index is 523. The second-order valence-electron chi connectivity index (χ2n) is 5.97. The fourth-order valence-corrected chi connectivity index (χ4v) is 3.17. The van der Waals surface area contributed by atoms with E-state index in [0.29, 0.717) is 37.1 Å². The van der Waals surface area contributed by atoms with Gasteiger partial charge >= 0.3 is 0 Å². The lowest BCUT2D eigenvalue weighted by Crippen LogP contribution is -2.41. The molecule has 1 aromatic rings. The number of nitrogens with zero attached hydrogens (tertiary/aromatic N) is 1. The number of methoxy groups -OCH3 is 1. The Morgan fingerprint density at radius 1 is 1.26 bits per heavy atom. The van der Waals surface area contributed by atoms with Crippen LogP contribution in [-0.4, -0.2) is 57.1 Å². The van der Waals surface area contributed by atoms with Crippen molar-refractivity contribution in [1.82, 2.24) is 4.90 Å². The van der Waals surface area contributed by atoms with E-state index in [4.69, 9.17) is 14.2 Å². The highest BCUT2D eigenvalue weighted by molar-refractivity contribution is 5.93. The van der Waals surface area contributed by atoms with Crippen molar-refractivity contribution < 1.29 is 19.0 Å². The molecule has 2 aliphatic rings. The van der Waals surface area contributed by atoms with E-state index in [-0.39, 0.29) is 12.2 Å². The van der Waals surface area contributed by atoms with Crippen molar-refractivity contribution in [3.8, 4) is 5.75 Å². The van der Waals surface area contributed by atoms with Gasteiger partial charge in [0, 0.05) is 5.92 Å². The first-order chi connectivity index (χ1) is 11.3. The molecule has 0 spiro atoms. The summed E-state index contributed by atoms with van der Waals surface area (Å²) in [5.74, 6) is 1.11. The molecule has 0 unspecified atom stereocenters. The van der Waals surface area contributed by atoms with E-state index in [1.807, 2.05) is 24.3 Å². The predicted molar refractivity (Wildman–Crippen MR) is 86.5 cm³/mol. The van der Waals surface area contributed by atoms with Crippen LogP contribution in [0.3, 0.4) is 0 Å². The molecule has 0 aliphatic carbocycles. The number of para-hydroxylation sites is 2. The van der Waals surface area contributed by atoms with Gasteiger partial charge in [0.25, 0.3) is 0 Å². The van der Waals surface area contributed by atoms with Gasteiger partial charge in [-0.25, -0.2) is 0 Å². The maximum Gasteiger partial charge on any atom is 0.238 e. The fourth-order valence-electron chi connectivity index (χ4n) is 3.17. The quantitative estimate of drug-likeness (QED) is 0.895. The molecule has 1 aromatic carbocycles. The van der Waals surface area contributed by atoms with Gasteiger partial charge in [0.05, 0.1) is 32.6 Å². The van der Waals surface area contributed by atoms with E-state index in [2.05, 4.69) is 10.2 Å². The van der Waals surface area contributed by atoms with Gasteiger partial charge < -0.3 is 19.5 Å². The summed E-state index contributed by atoms with van der Waals surface area (Å²) in [6.07, 6.45) is 1.97. The van der Waals surface area contributed by atoms with Crippen LogP contribution in [-0.2, 0) is 14.3 Å². The number of nitrogens with one attached hydrogen (secondary N) is 1. The number of likely N-dealkylation sites (tertiary alicyclic amines) is 1. The highest BCUT2D eigenvalue weighted by atomic mass is 16.7. The van der Waals surface area contributed by atoms with E-state index in [9.17, 15) is 4.79 Å². The Balaban J connectivity index is 1.45. The van der Waals surface area contributed by atoms with E-state index in [1.165, 1.54) is 0 Å². The normalized spacial score (nSPS) is 20.6. The Kier molecular flexibility index (Phi) is 5.48. The molecule has 2 heterocycles. The minimum atomic E-state index is -0.0421. The van der Waals surface area contributed by atoms with E-state index in [1.54, 1.807) is 7.11 Å². The van der Waals surface area contributed by atoms with Crippen molar-refractivity contribution in [3.63, 3.8) is 0 Å². The molecule has 0 radical (unpaired) electrons. The molecule has 2 aliphatic heterocycles. The highest BCUT2D eigenvalue weighted by Crippen LogP contribution is 2.26. The Labute approximate surface area is 136 Å². The summed E-state index contributed by atoms with van der Waals surface area (Å²) in [4.78, 5) is 14.4. The van der Waals surface area contributed by atoms with Gasteiger partial charge in [-0.15, -0.1) is 0 Å². The lowest BCUT2D eigenvalue weighted by atomic mass is 9.96. The molecule has 2 saturated heterocycles. The summed E-state index contributed by atoms with van der Waals surface area (Å²) in [6, 6.07) is 7.44. The lowest BCUT2D eigenvalue weighted by Gasteiger charge is -2.33. The summed E-state index contributed by atoms with van der Waals surface area (Å²) in [6.45, 7) is 3.59.